The Hall–Kier alpha value is -3.93. The molecule has 3 aromatic rings. The minimum absolute atomic E-state index is 0.287. The number of urea groups is 1. The maximum Gasteiger partial charge on any atom is 0.325 e. The molecule has 0 unspecified atom stereocenters. The largest absolute Gasteiger partial charge is 0.497 e. The van der Waals surface area contributed by atoms with E-state index in [0.717, 1.165) is 10.5 Å². The molecule has 1 saturated heterocycles. The van der Waals surface area contributed by atoms with Crippen molar-refractivity contribution in [3.63, 3.8) is 0 Å². The fourth-order valence-electron chi connectivity index (χ4n) is 3.82. The molecule has 1 aliphatic heterocycles. The lowest BCUT2D eigenvalue weighted by Crippen LogP contribution is -2.46. The average molecular weight is 414 g/mol. The number of carbonyl (C=O) groups excluding carboxylic acids is 3. The molecule has 1 N–H and O–H groups in total. The van der Waals surface area contributed by atoms with Gasteiger partial charge in [0.05, 0.1) is 13.7 Å². The van der Waals surface area contributed by atoms with Crippen molar-refractivity contribution in [3.8, 4) is 5.75 Å². The summed E-state index contributed by atoms with van der Waals surface area (Å²) in [4.78, 5) is 40.2. The quantitative estimate of drug-likeness (QED) is 0.474. The van der Waals surface area contributed by atoms with Gasteiger partial charge < -0.3 is 10.1 Å². The summed E-state index contributed by atoms with van der Waals surface area (Å²) in [5, 5.41) is 2.87. The summed E-state index contributed by atoms with van der Waals surface area (Å²) in [6, 6.07) is 24.6. The summed E-state index contributed by atoms with van der Waals surface area (Å²) in [5.74, 6) is -0.137. The first-order chi connectivity index (χ1) is 15.0. The van der Waals surface area contributed by atoms with Crippen LogP contribution >= 0.6 is 0 Å². The van der Waals surface area contributed by atoms with E-state index < -0.39 is 17.5 Å². The number of rotatable bonds is 7. The van der Waals surface area contributed by atoms with Crippen LogP contribution in [0.2, 0.25) is 0 Å². The molecule has 31 heavy (non-hydrogen) atoms. The fourth-order valence-corrected chi connectivity index (χ4v) is 3.82. The molecule has 1 heterocycles. The van der Waals surface area contributed by atoms with E-state index in [1.165, 1.54) is 0 Å². The first-order valence-corrected chi connectivity index (χ1v) is 9.94. The first kappa shape index (κ1) is 20.3. The number of amides is 3. The number of Topliss-reactive ketones (excluding diaryl/α,β-unsaturated/α-hetero) is 1. The molecule has 6 nitrogen and oxygen atoms in total. The van der Waals surface area contributed by atoms with Gasteiger partial charge in [0.1, 0.15) is 5.75 Å². The summed E-state index contributed by atoms with van der Waals surface area (Å²) < 4.78 is 5.11. The highest BCUT2D eigenvalue weighted by atomic mass is 16.5. The van der Waals surface area contributed by atoms with Crippen molar-refractivity contribution in [2.24, 2.45) is 0 Å². The number of nitrogens with zero attached hydrogens (tertiary/aromatic N) is 1. The summed E-state index contributed by atoms with van der Waals surface area (Å²) in [6.07, 6.45) is 0.287. The Morgan fingerprint density at radius 3 is 2.13 bits per heavy atom. The van der Waals surface area contributed by atoms with Crippen molar-refractivity contribution in [2.45, 2.75) is 12.0 Å². The van der Waals surface area contributed by atoms with Gasteiger partial charge in [-0.05, 0) is 35.4 Å². The number of carbonyl (C=O) groups is 3. The van der Waals surface area contributed by atoms with Crippen LogP contribution in [0, 0.1) is 0 Å². The smallest absolute Gasteiger partial charge is 0.325 e. The van der Waals surface area contributed by atoms with Gasteiger partial charge in [-0.15, -0.1) is 0 Å². The van der Waals surface area contributed by atoms with Crippen molar-refractivity contribution < 1.29 is 19.1 Å². The Bertz CT molecular complexity index is 1100. The third-order valence-corrected chi connectivity index (χ3v) is 5.47. The lowest BCUT2D eigenvalue weighted by atomic mass is 9.83. The van der Waals surface area contributed by atoms with Crippen LogP contribution in [0.3, 0.4) is 0 Å². The van der Waals surface area contributed by atoms with Crippen LogP contribution in [0.5, 0.6) is 5.75 Å². The second-order valence-corrected chi connectivity index (χ2v) is 7.41. The highest BCUT2D eigenvalue weighted by Gasteiger charge is 2.52. The Morgan fingerprint density at radius 1 is 0.903 bits per heavy atom. The van der Waals surface area contributed by atoms with Crippen LogP contribution in [0.15, 0.2) is 84.9 Å². The maximum atomic E-state index is 13.6. The van der Waals surface area contributed by atoms with Crippen molar-refractivity contribution in [1.82, 2.24) is 10.2 Å². The van der Waals surface area contributed by atoms with E-state index in [0.29, 0.717) is 16.9 Å². The van der Waals surface area contributed by atoms with E-state index in [-0.39, 0.29) is 18.7 Å². The van der Waals surface area contributed by atoms with E-state index in [9.17, 15) is 14.4 Å². The van der Waals surface area contributed by atoms with Crippen LogP contribution in [0.1, 0.15) is 21.5 Å². The van der Waals surface area contributed by atoms with E-state index >= 15 is 0 Å². The zero-order chi connectivity index (χ0) is 21.8. The highest BCUT2D eigenvalue weighted by molar-refractivity contribution is 6.11. The van der Waals surface area contributed by atoms with Crippen LogP contribution in [0.4, 0.5) is 4.79 Å². The number of methoxy groups -OCH3 is 1. The summed E-state index contributed by atoms with van der Waals surface area (Å²) in [7, 11) is 1.54. The minimum atomic E-state index is -1.26. The molecule has 0 radical (unpaired) electrons. The number of hydrogen-bond acceptors (Lipinski definition) is 4. The van der Waals surface area contributed by atoms with Gasteiger partial charge in [-0.25, -0.2) is 4.79 Å². The molecular formula is C25H22N2O4. The van der Waals surface area contributed by atoms with Gasteiger partial charge >= 0.3 is 6.03 Å². The Kier molecular flexibility index (Phi) is 5.54. The Balaban J connectivity index is 1.64. The first-order valence-electron chi connectivity index (χ1n) is 9.94. The van der Waals surface area contributed by atoms with Gasteiger partial charge in [0, 0.05) is 12.0 Å². The molecule has 1 atom stereocenters. The number of nitrogens with one attached hydrogen (secondary N) is 1. The van der Waals surface area contributed by atoms with Gasteiger partial charge in [0.2, 0.25) is 0 Å². The molecule has 3 aromatic carbocycles. The monoisotopic (exact) mass is 414 g/mol. The van der Waals surface area contributed by atoms with Gasteiger partial charge in [-0.1, -0.05) is 60.7 Å². The van der Waals surface area contributed by atoms with Gasteiger partial charge in [0.25, 0.3) is 5.91 Å². The van der Waals surface area contributed by atoms with E-state index in [1.807, 2.05) is 60.7 Å². The summed E-state index contributed by atoms with van der Waals surface area (Å²) >= 11 is 0. The number of ether oxygens (including phenoxy) is 1. The SMILES string of the molecule is COc1ccc(C(=O)CN2C(=O)N[C@@](Cc3ccccc3)(c3ccccc3)C2=O)cc1. The predicted octanol–water partition coefficient (Wildman–Crippen LogP) is 3.57. The molecule has 0 bridgehead atoms. The number of benzene rings is 3. The van der Waals surface area contributed by atoms with Crippen LogP contribution in [-0.2, 0) is 16.8 Å². The zero-order valence-corrected chi connectivity index (χ0v) is 17.1. The summed E-state index contributed by atoms with van der Waals surface area (Å²) in [6.45, 7) is -0.333. The van der Waals surface area contributed by atoms with Crippen LogP contribution < -0.4 is 10.1 Å². The normalized spacial score (nSPS) is 18.0. The number of hydrogen-bond donors (Lipinski definition) is 1. The van der Waals surface area contributed by atoms with Crippen molar-refractivity contribution >= 4 is 17.7 Å². The zero-order valence-electron chi connectivity index (χ0n) is 17.1. The van der Waals surface area contributed by atoms with Crippen molar-refractivity contribution in [1.29, 1.82) is 0 Å². The standard InChI is InChI=1S/C25H22N2O4/c1-31-21-14-12-19(13-15-21)22(28)17-27-23(29)25(26-24(27)30,20-10-6-3-7-11-20)16-18-8-4-2-5-9-18/h2-15H,16-17H2,1H3,(H,26,30)/t25-/m0/s1. The molecule has 156 valence electrons. The van der Waals surface area contributed by atoms with E-state index in [1.54, 1.807) is 31.4 Å². The molecular weight excluding hydrogens is 392 g/mol. The Morgan fingerprint density at radius 2 is 1.52 bits per heavy atom. The second kappa shape index (κ2) is 8.44. The van der Waals surface area contributed by atoms with Crippen molar-refractivity contribution in [3.05, 3.63) is 102 Å². The molecule has 1 aliphatic rings. The molecule has 4 rings (SSSR count). The molecule has 3 amide bonds. The second-order valence-electron chi connectivity index (χ2n) is 7.41. The third kappa shape index (κ3) is 3.92. The van der Waals surface area contributed by atoms with Gasteiger partial charge in [-0.2, -0.15) is 0 Å². The van der Waals surface area contributed by atoms with Gasteiger partial charge in [-0.3, -0.25) is 14.5 Å². The molecule has 6 heteroatoms. The van der Waals surface area contributed by atoms with E-state index in [4.69, 9.17) is 4.74 Å². The van der Waals surface area contributed by atoms with Crippen molar-refractivity contribution in [2.75, 3.05) is 13.7 Å². The Labute approximate surface area is 180 Å². The lowest BCUT2D eigenvalue weighted by molar-refractivity contribution is -0.131. The maximum absolute atomic E-state index is 13.6. The van der Waals surface area contributed by atoms with Gasteiger partial charge in [0.15, 0.2) is 11.3 Å². The molecule has 0 aliphatic carbocycles. The summed E-state index contributed by atoms with van der Waals surface area (Å²) in [5.41, 5.74) is 0.724. The average Bonchev–Trinajstić information content (AvgIpc) is 3.05. The van der Waals surface area contributed by atoms with Crippen LogP contribution in [-0.4, -0.2) is 36.3 Å². The molecule has 0 saturated carbocycles. The predicted molar refractivity (Wildman–Crippen MR) is 116 cm³/mol. The lowest BCUT2D eigenvalue weighted by Gasteiger charge is -2.27. The molecule has 1 fully saturated rings. The fraction of sp³-hybridized carbons (Fsp3) is 0.160. The third-order valence-electron chi connectivity index (χ3n) is 5.47. The molecule has 0 aromatic heterocycles. The highest BCUT2D eigenvalue weighted by Crippen LogP contribution is 2.33. The number of imide groups is 1. The van der Waals surface area contributed by atoms with Crippen LogP contribution in [0.25, 0.3) is 0 Å². The molecule has 0 spiro atoms. The minimum Gasteiger partial charge on any atom is -0.497 e. The van der Waals surface area contributed by atoms with E-state index in [2.05, 4.69) is 5.32 Å². The number of ketones is 1. The topological polar surface area (TPSA) is 75.7 Å².